The fourth-order valence-electron chi connectivity index (χ4n) is 1.95. The van der Waals surface area contributed by atoms with Crippen molar-refractivity contribution in [1.29, 1.82) is 0 Å². The summed E-state index contributed by atoms with van der Waals surface area (Å²) < 4.78 is 10.7. The van der Waals surface area contributed by atoms with E-state index in [-0.39, 0.29) is 6.04 Å². The third-order valence-corrected chi connectivity index (χ3v) is 3.91. The van der Waals surface area contributed by atoms with E-state index in [1.54, 1.807) is 18.4 Å². The van der Waals surface area contributed by atoms with Crippen LogP contribution in [0.25, 0.3) is 0 Å². The van der Waals surface area contributed by atoms with Crippen LogP contribution in [0.4, 0.5) is 0 Å². The van der Waals surface area contributed by atoms with Crippen LogP contribution in [0.1, 0.15) is 22.3 Å². The molecule has 1 unspecified atom stereocenters. The van der Waals surface area contributed by atoms with Crippen LogP contribution >= 0.6 is 11.3 Å². The molecule has 4 nitrogen and oxygen atoms in total. The topological polar surface area (TPSA) is 57.4 Å². The highest BCUT2D eigenvalue weighted by Crippen LogP contribution is 2.26. The van der Waals surface area contributed by atoms with Crippen molar-refractivity contribution < 1.29 is 9.47 Å². The van der Waals surface area contributed by atoms with Crippen molar-refractivity contribution in [3.05, 3.63) is 45.9 Å². The zero-order valence-corrected chi connectivity index (χ0v) is 12.7. The van der Waals surface area contributed by atoms with Crippen LogP contribution < -0.4 is 10.5 Å². The van der Waals surface area contributed by atoms with Gasteiger partial charge in [0.05, 0.1) is 11.6 Å². The van der Waals surface area contributed by atoms with Gasteiger partial charge < -0.3 is 15.2 Å². The number of rotatable bonds is 7. The van der Waals surface area contributed by atoms with Gasteiger partial charge in [0.15, 0.2) is 0 Å². The Labute approximate surface area is 123 Å². The Balaban J connectivity index is 2.06. The third kappa shape index (κ3) is 4.03. The van der Waals surface area contributed by atoms with Gasteiger partial charge in [0.25, 0.3) is 0 Å². The zero-order chi connectivity index (χ0) is 14.4. The number of hydrogen-bond acceptors (Lipinski definition) is 5. The largest absolute Gasteiger partial charge is 0.491 e. The maximum absolute atomic E-state index is 6.30. The van der Waals surface area contributed by atoms with Crippen LogP contribution in [0.2, 0.25) is 0 Å². The molecule has 0 fully saturated rings. The Morgan fingerprint density at radius 3 is 2.80 bits per heavy atom. The summed E-state index contributed by atoms with van der Waals surface area (Å²) in [5.74, 6) is 0.824. The van der Waals surface area contributed by atoms with Crippen LogP contribution in [0.5, 0.6) is 5.75 Å². The van der Waals surface area contributed by atoms with Crippen LogP contribution in [-0.2, 0) is 11.2 Å². The average Bonchev–Trinajstić information content (AvgIpc) is 2.85. The number of hydrogen-bond donors (Lipinski definition) is 1. The van der Waals surface area contributed by atoms with E-state index in [0.717, 1.165) is 28.4 Å². The normalized spacial score (nSPS) is 12.3. The van der Waals surface area contributed by atoms with Gasteiger partial charge in [-0.1, -0.05) is 18.2 Å². The van der Waals surface area contributed by atoms with Gasteiger partial charge in [0.2, 0.25) is 0 Å². The highest BCUT2D eigenvalue weighted by atomic mass is 32.1. The Bertz CT molecular complexity index is 542. The first-order valence-electron chi connectivity index (χ1n) is 6.58. The predicted octanol–water partition coefficient (Wildman–Crippen LogP) is 2.72. The lowest BCUT2D eigenvalue weighted by Gasteiger charge is -2.16. The van der Waals surface area contributed by atoms with E-state index in [0.29, 0.717) is 13.2 Å². The molecular weight excluding hydrogens is 272 g/mol. The number of benzene rings is 1. The molecule has 0 aliphatic heterocycles. The highest BCUT2D eigenvalue weighted by Gasteiger charge is 2.14. The monoisotopic (exact) mass is 292 g/mol. The molecule has 2 aromatic rings. The van der Waals surface area contributed by atoms with E-state index < -0.39 is 0 Å². The summed E-state index contributed by atoms with van der Waals surface area (Å²) >= 11 is 1.65. The van der Waals surface area contributed by atoms with E-state index in [9.17, 15) is 0 Å². The van der Waals surface area contributed by atoms with E-state index >= 15 is 0 Å². The number of aromatic nitrogens is 1. The van der Waals surface area contributed by atoms with Gasteiger partial charge in [0.1, 0.15) is 12.4 Å². The molecule has 0 amide bonds. The fraction of sp³-hybridized carbons (Fsp3) is 0.400. The van der Waals surface area contributed by atoms with Crippen molar-refractivity contribution >= 4 is 11.3 Å². The summed E-state index contributed by atoms with van der Waals surface area (Å²) in [6.07, 6.45) is 0.725. The summed E-state index contributed by atoms with van der Waals surface area (Å²) in [5.41, 5.74) is 8.35. The molecule has 0 aliphatic rings. The summed E-state index contributed by atoms with van der Waals surface area (Å²) in [5, 5.41) is 3.10. The van der Waals surface area contributed by atoms with Gasteiger partial charge >= 0.3 is 0 Å². The zero-order valence-electron chi connectivity index (χ0n) is 11.8. The molecule has 0 radical (unpaired) electrons. The smallest absolute Gasteiger partial charge is 0.124 e. The lowest BCUT2D eigenvalue weighted by Crippen LogP contribution is -2.15. The van der Waals surface area contributed by atoms with E-state index in [2.05, 4.69) is 4.98 Å². The average molecular weight is 292 g/mol. The van der Waals surface area contributed by atoms with Crippen molar-refractivity contribution in [3.8, 4) is 5.75 Å². The van der Waals surface area contributed by atoms with Gasteiger partial charge in [-0.25, -0.2) is 4.98 Å². The summed E-state index contributed by atoms with van der Waals surface area (Å²) in [7, 11) is 1.66. The molecule has 5 heteroatoms. The molecule has 0 saturated carbocycles. The molecule has 1 atom stereocenters. The van der Waals surface area contributed by atoms with Gasteiger partial charge in [-0.3, -0.25) is 0 Å². The maximum Gasteiger partial charge on any atom is 0.124 e. The van der Waals surface area contributed by atoms with Crippen molar-refractivity contribution in [2.45, 2.75) is 19.4 Å². The molecule has 20 heavy (non-hydrogen) atoms. The van der Waals surface area contributed by atoms with Gasteiger partial charge in [-0.05, 0) is 13.0 Å². The molecular formula is C15H20N2O2S. The lowest BCUT2D eigenvalue weighted by molar-refractivity contribution is 0.145. The Hall–Kier alpha value is -1.43. The summed E-state index contributed by atoms with van der Waals surface area (Å²) in [6.45, 7) is 3.08. The van der Waals surface area contributed by atoms with E-state index in [4.69, 9.17) is 15.2 Å². The lowest BCUT2D eigenvalue weighted by atomic mass is 10.0. The second-order valence-corrected chi connectivity index (χ2v) is 5.51. The second kappa shape index (κ2) is 7.38. The van der Waals surface area contributed by atoms with E-state index in [1.807, 2.05) is 36.6 Å². The molecule has 2 rings (SSSR count). The standard InChI is InChI=1S/C15H20N2O2S/c1-11-10-20-15(17-11)9-13(16)12-5-3-4-6-14(12)19-8-7-18-2/h3-6,10,13H,7-9,16H2,1-2H3. The van der Waals surface area contributed by atoms with E-state index in [1.165, 1.54) is 0 Å². The van der Waals surface area contributed by atoms with Crippen molar-refractivity contribution in [2.24, 2.45) is 5.73 Å². The van der Waals surface area contributed by atoms with Gasteiger partial charge in [0, 0.05) is 36.2 Å². The molecule has 0 aliphatic carbocycles. The van der Waals surface area contributed by atoms with Crippen molar-refractivity contribution in [3.63, 3.8) is 0 Å². The molecule has 0 spiro atoms. The number of aryl methyl sites for hydroxylation is 1. The first-order valence-corrected chi connectivity index (χ1v) is 7.46. The second-order valence-electron chi connectivity index (χ2n) is 4.57. The number of ether oxygens (including phenoxy) is 2. The number of nitrogens with two attached hydrogens (primary N) is 1. The molecule has 1 aromatic carbocycles. The number of para-hydroxylation sites is 1. The minimum atomic E-state index is -0.112. The first-order chi connectivity index (χ1) is 9.70. The highest BCUT2D eigenvalue weighted by molar-refractivity contribution is 7.09. The molecule has 1 aromatic heterocycles. The Morgan fingerprint density at radius 1 is 1.30 bits per heavy atom. The number of methoxy groups -OCH3 is 1. The van der Waals surface area contributed by atoms with Crippen LogP contribution in [-0.4, -0.2) is 25.3 Å². The summed E-state index contributed by atoms with van der Waals surface area (Å²) in [4.78, 5) is 4.46. The third-order valence-electron chi connectivity index (χ3n) is 2.92. The SMILES string of the molecule is COCCOc1ccccc1C(N)Cc1nc(C)cs1. The van der Waals surface area contributed by atoms with Crippen LogP contribution in [0.3, 0.4) is 0 Å². The van der Waals surface area contributed by atoms with Crippen LogP contribution in [0.15, 0.2) is 29.6 Å². The molecule has 108 valence electrons. The molecule has 2 N–H and O–H groups in total. The molecule has 0 saturated heterocycles. The van der Waals surface area contributed by atoms with Crippen LogP contribution in [0, 0.1) is 6.92 Å². The molecule has 1 heterocycles. The Kier molecular flexibility index (Phi) is 5.52. The first kappa shape index (κ1) is 15.0. The molecule has 0 bridgehead atoms. The van der Waals surface area contributed by atoms with Crippen molar-refractivity contribution in [1.82, 2.24) is 4.98 Å². The van der Waals surface area contributed by atoms with Gasteiger partial charge in [-0.15, -0.1) is 11.3 Å². The minimum absolute atomic E-state index is 0.112. The fourth-order valence-corrected chi connectivity index (χ4v) is 2.78. The predicted molar refractivity (Wildman–Crippen MR) is 81.3 cm³/mol. The van der Waals surface area contributed by atoms with Gasteiger partial charge in [-0.2, -0.15) is 0 Å². The number of thiazole rings is 1. The summed E-state index contributed by atoms with van der Waals surface area (Å²) in [6, 6.07) is 7.77. The van der Waals surface area contributed by atoms with Crippen molar-refractivity contribution in [2.75, 3.05) is 20.3 Å². The maximum atomic E-state index is 6.30. The Morgan fingerprint density at radius 2 is 2.10 bits per heavy atom. The quantitative estimate of drug-likeness (QED) is 0.797. The number of nitrogens with zero attached hydrogens (tertiary/aromatic N) is 1. The minimum Gasteiger partial charge on any atom is -0.491 e.